The van der Waals surface area contributed by atoms with Crippen LogP contribution in [0.25, 0.3) is 0 Å². The average Bonchev–Trinajstić information content (AvgIpc) is 2.55. The fourth-order valence-corrected chi connectivity index (χ4v) is 0.738. The van der Waals surface area contributed by atoms with Crippen molar-refractivity contribution in [3.05, 3.63) is 11.9 Å². The summed E-state index contributed by atoms with van der Waals surface area (Å²) >= 11 is 0. The highest BCUT2D eigenvalue weighted by atomic mass is 15.4. The summed E-state index contributed by atoms with van der Waals surface area (Å²) in [6.45, 7) is 1.78. The van der Waals surface area contributed by atoms with E-state index in [-0.39, 0.29) is 0 Å². The van der Waals surface area contributed by atoms with Crippen LogP contribution in [0.15, 0.2) is 16.4 Å². The zero-order valence-electron chi connectivity index (χ0n) is 5.81. The van der Waals surface area contributed by atoms with E-state index in [9.17, 15) is 0 Å². The Morgan fingerprint density at radius 3 is 2.82 bits per heavy atom. The topological polar surface area (TPSA) is 80.4 Å². The predicted octanol–water partition coefficient (Wildman–Crippen LogP) is -0.497. The molecule has 1 N–H and O–H groups in total. The number of hydrogen-bond donors (Lipinski definition) is 1. The molecule has 1 radical (unpaired) electrons. The Balaban J connectivity index is 2.23. The van der Waals surface area contributed by atoms with Gasteiger partial charge in [0, 0.05) is 0 Å². The number of aromatic nitrogens is 3. The summed E-state index contributed by atoms with van der Waals surface area (Å²) in [4.78, 5) is 0. The molecule has 0 fully saturated rings. The highest BCUT2D eigenvalue weighted by molar-refractivity contribution is 6.09. The molecule has 55 valence electrons. The Hall–Kier alpha value is -1.72. The molecule has 0 unspecified atom stereocenters. The molecule has 0 bridgehead atoms. The Kier molecular flexibility index (Phi) is 1.18. The third kappa shape index (κ3) is 0.977. The molecular weight excluding hydrogens is 144 g/mol. The molecule has 6 nitrogen and oxygen atoms in total. The minimum Gasteiger partial charge on any atom is -0.254 e. The molecule has 0 atom stereocenters. The summed E-state index contributed by atoms with van der Waals surface area (Å²) < 4.78 is 0. The molecule has 1 aliphatic heterocycles. The van der Waals surface area contributed by atoms with E-state index >= 15 is 0 Å². The van der Waals surface area contributed by atoms with Crippen LogP contribution in [0.1, 0.15) is 12.6 Å². The molecule has 0 aromatic carbocycles. The van der Waals surface area contributed by atoms with E-state index in [1.54, 1.807) is 13.1 Å². The maximum Gasteiger partial charge on any atom is 0.203 e. The van der Waals surface area contributed by atoms with Crippen molar-refractivity contribution >= 4 is 11.7 Å². The second-order valence-corrected chi connectivity index (χ2v) is 2.05. The minimum atomic E-state index is 0.535. The van der Waals surface area contributed by atoms with Gasteiger partial charge in [-0.25, -0.2) is 5.32 Å². The number of nitrogens with zero attached hydrogens (tertiary/aromatic N) is 5. The normalized spacial score (nSPS) is 15.7. The predicted molar refractivity (Wildman–Crippen MR) is 38.2 cm³/mol. The van der Waals surface area contributed by atoms with Crippen molar-refractivity contribution in [3.63, 3.8) is 0 Å². The van der Waals surface area contributed by atoms with Crippen molar-refractivity contribution in [2.45, 2.75) is 6.92 Å². The fourth-order valence-electron chi connectivity index (χ4n) is 0.738. The number of rotatable bonds is 1. The number of amidine groups is 2. The first kappa shape index (κ1) is 6.02. The highest BCUT2D eigenvalue weighted by Gasteiger charge is 2.12. The summed E-state index contributed by atoms with van der Waals surface area (Å²) in [5, 5.41) is 21.3. The molecule has 1 aromatic heterocycles. The quantitative estimate of drug-likeness (QED) is 0.584. The van der Waals surface area contributed by atoms with Crippen LogP contribution < -0.4 is 5.32 Å². The van der Waals surface area contributed by atoms with Gasteiger partial charge in [-0.05, 0) is 6.92 Å². The molecule has 0 saturated carbocycles. The van der Waals surface area contributed by atoms with Crippen molar-refractivity contribution in [1.29, 1.82) is 0 Å². The summed E-state index contributed by atoms with van der Waals surface area (Å²) in [5.41, 5.74) is 0.686. The molecule has 0 amide bonds. The van der Waals surface area contributed by atoms with Gasteiger partial charge in [-0.2, -0.15) is 0 Å². The third-order valence-corrected chi connectivity index (χ3v) is 1.21. The van der Waals surface area contributed by atoms with Gasteiger partial charge < -0.3 is 0 Å². The fraction of sp³-hybridized carbons (Fsp3) is 0.200. The van der Waals surface area contributed by atoms with Crippen LogP contribution in [0.4, 0.5) is 0 Å². The van der Waals surface area contributed by atoms with E-state index < -0.39 is 0 Å². The van der Waals surface area contributed by atoms with Crippen LogP contribution in [-0.2, 0) is 0 Å². The molecule has 0 aliphatic carbocycles. The minimum absolute atomic E-state index is 0.535. The van der Waals surface area contributed by atoms with Crippen LogP contribution in [0, 0.1) is 0 Å². The van der Waals surface area contributed by atoms with E-state index in [0.717, 1.165) is 0 Å². The number of hydrogen-bond acceptors (Lipinski definition) is 4. The number of aromatic amines is 1. The first-order valence-electron chi connectivity index (χ1n) is 3.06. The molecular formula is C5H5N6. The monoisotopic (exact) mass is 149 g/mol. The van der Waals surface area contributed by atoms with Gasteiger partial charge in [0.2, 0.25) is 5.84 Å². The molecule has 2 rings (SSSR count). The van der Waals surface area contributed by atoms with Gasteiger partial charge in [0.25, 0.3) is 0 Å². The first-order valence-corrected chi connectivity index (χ1v) is 3.06. The lowest BCUT2D eigenvalue weighted by atomic mass is 10.4. The Morgan fingerprint density at radius 1 is 1.36 bits per heavy atom. The summed E-state index contributed by atoms with van der Waals surface area (Å²) in [5.74, 6) is 1.18. The van der Waals surface area contributed by atoms with Crippen LogP contribution in [0.5, 0.6) is 0 Å². The Labute approximate surface area is 62.4 Å². The third-order valence-electron chi connectivity index (χ3n) is 1.21. The van der Waals surface area contributed by atoms with Gasteiger partial charge >= 0.3 is 0 Å². The second kappa shape index (κ2) is 2.15. The molecule has 1 aromatic rings. The van der Waals surface area contributed by atoms with Gasteiger partial charge in [0.05, 0.1) is 6.20 Å². The Bertz CT molecular complexity index is 308. The van der Waals surface area contributed by atoms with Gasteiger partial charge in [-0.1, -0.05) is 5.21 Å². The zero-order chi connectivity index (χ0) is 7.68. The zero-order valence-corrected chi connectivity index (χ0v) is 5.81. The average molecular weight is 149 g/mol. The maximum atomic E-state index is 4.02. The van der Waals surface area contributed by atoms with Gasteiger partial charge in [-0.15, -0.1) is 15.3 Å². The SMILES string of the molecule is CC1=NN=C(c2cnn[nH]2)[N]1. The standard InChI is InChI=1S/C5H5N6/c1-3-7-5(10-8-3)4-2-6-11-9-4/h2H,1H3,(H,6,9,11). The number of H-pyrrole nitrogens is 1. The lowest BCUT2D eigenvalue weighted by Crippen LogP contribution is -2.16. The Morgan fingerprint density at radius 2 is 2.27 bits per heavy atom. The molecule has 1 aliphatic rings. The van der Waals surface area contributed by atoms with Crippen LogP contribution in [-0.4, -0.2) is 27.1 Å². The highest BCUT2D eigenvalue weighted by Crippen LogP contribution is 1.98. The van der Waals surface area contributed by atoms with Crippen molar-refractivity contribution in [2.75, 3.05) is 0 Å². The van der Waals surface area contributed by atoms with Crippen LogP contribution in [0.3, 0.4) is 0 Å². The molecule has 6 heteroatoms. The molecule has 0 saturated heterocycles. The van der Waals surface area contributed by atoms with E-state index in [1.165, 1.54) is 0 Å². The van der Waals surface area contributed by atoms with Crippen LogP contribution in [0.2, 0.25) is 0 Å². The molecule has 2 heterocycles. The number of nitrogens with one attached hydrogen (secondary N) is 1. The van der Waals surface area contributed by atoms with Gasteiger partial charge in [0.1, 0.15) is 5.69 Å². The first-order chi connectivity index (χ1) is 5.36. The van der Waals surface area contributed by atoms with Gasteiger partial charge in [-0.3, -0.25) is 5.10 Å². The van der Waals surface area contributed by atoms with Crippen LogP contribution >= 0.6 is 0 Å². The van der Waals surface area contributed by atoms with Crippen molar-refractivity contribution in [1.82, 2.24) is 20.7 Å². The lowest BCUT2D eigenvalue weighted by molar-refractivity contribution is 0.935. The van der Waals surface area contributed by atoms with Crippen molar-refractivity contribution in [2.24, 2.45) is 10.2 Å². The van der Waals surface area contributed by atoms with Crippen molar-refractivity contribution < 1.29 is 0 Å². The second-order valence-electron chi connectivity index (χ2n) is 2.05. The molecule has 11 heavy (non-hydrogen) atoms. The van der Waals surface area contributed by atoms with E-state index in [4.69, 9.17) is 0 Å². The van der Waals surface area contributed by atoms with E-state index in [1.807, 2.05) is 0 Å². The summed E-state index contributed by atoms with van der Waals surface area (Å²) in [6, 6.07) is 0. The van der Waals surface area contributed by atoms with E-state index in [2.05, 4.69) is 30.9 Å². The van der Waals surface area contributed by atoms with Gasteiger partial charge in [0.15, 0.2) is 5.84 Å². The largest absolute Gasteiger partial charge is 0.254 e. The summed E-state index contributed by atoms with van der Waals surface area (Å²) in [6.07, 6.45) is 1.55. The summed E-state index contributed by atoms with van der Waals surface area (Å²) in [7, 11) is 0. The lowest BCUT2D eigenvalue weighted by Gasteiger charge is -1.90. The van der Waals surface area contributed by atoms with E-state index in [0.29, 0.717) is 17.4 Å². The maximum absolute atomic E-state index is 4.02. The van der Waals surface area contributed by atoms with Crippen molar-refractivity contribution in [3.8, 4) is 0 Å². The molecule has 0 spiro atoms. The smallest absolute Gasteiger partial charge is 0.203 e.